The normalized spacial score (nSPS) is 25.3. The van der Waals surface area contributed by atoms with Crippen LogP contribution >= 0.6 is 20.2 Å². The van der Waals surface area contributed by atoms with Crippen molar-refractivity contribution in [1.82, 2.24) is 19.5 Å². The lowest BCUT2D eigenvalue weighted by Crippen LogP contribution is -2.61. The van der Waals surface area contributed by atoms with Gasteiger partial charge in [0, 0.05) is 0 Å². The van der Waals surface area contributed by atoms with Crippen molar-refractivity contribution in [2.24, 2.45) is 0 Å². The topological polar surface area (TPSA) is 241 Å². The number of anilines is 1. The summed E-state index contributed by atoms with van der Waals surface area (Å²) in [6.07, 6.45) is -0.588. The highest BCUT2D eigenvalue weighted by Crippen LogP contribution is 2.58. The number of fused-ring (bicyclic) bond motifs is 1. The van der Waals surface area contributed by atoms with Gasteiger partial charge in [-0.3, -0.25) is 18.1 Å². The molecule has 20 nitrogen and oxygen atoms in total. The minimum Gasteiger partial charge on any atom is -0.394 e. The summed E-state index contributed by atoms with van der Waals surface area (Å²) in [6, 6.07) is 0. The number of aliphatic hydroxyl groups is 3. The highest BCUT2D eigenvalue weighted by Gasteiger charge is 2.56. The molecule has 4 heterocycles. The van der Waals surface area contributed by atoms with E-state index in [-0.39, 0.29) is 45.5 Å². The van der Waals surface area contributed by atoms with Crippen LogP contribution in [0.25, 0.3) is 11.2 Å². The second-order valence-corrected chi connectivity index (χ2v) is 24.7. The highest BCUT2D eigenvalue weighted by molar-refractivity contribution is 8.08. The summed E-state index contributed by atoms with van der Waals surface area (Å²) in [5, 5.41) is 34.6. The lowest BCUT2D eigenvalue weighted by atomic mass is 9.99. The molecule has 66 heavy (non-hydrogen) atoms. The van der Waals surface area contributed by atoms with Crippen molar-refractivity contribution in [1.29, 1.82) is 0 Å². The number of imidazole rings is 1. The molecule has 0 saturated carbocycles. The number of rotatable bonds is 35. The van der Waals surface area contributed by atoms with Crippen LogP contribution in [0.5, 0.6) is 0 Å². The van der Waals surface area contributed by atoms with Gasteiger partial charge in [0.2, 0.25) is 0 Å². The molecule has 2 saturated heterocycles. The number of hydrogen-bond acceptors (Lipinski definition) is 22. The minimum atomic E-state index is -3.66. The van der Waals surface area contributed by atoms with Crippen molar-refractivity contribution in [3.8, 4) is 0 Å². The van der Waals surface area contributed by atoms with Gasteiger partial charge in [-0.2, -0.15) is 0 Å². The van der Waals surface area contributed by atoms with Gasteiger partial charge in [0.1, 0.15) is 54.6 Å². The molecule has 2 fully saturated rings. The Morgan fingerprint density at radius 3 is 1.42 bits per heavy atom. The predicted molar refractivity (Wildman–Crippen MR) is 260 cm³/mol. The van der Waals surface area contributed by atoms with Crippen LogP contribution in [0.1, 0.15) is 125 Å². The van der Waals surface area contributed by atoms with Gasteiger partial charge in [-0.1, -0.05) is 80.1 Å². The monoisotopic (exact) mass is 1050 g/mol. The maximum atomic E-state index is 12.6. The van der Waals surface area contributed by atoms with Crippen molar-refractivity contribution in [2.45, 2.75) is 174 Å². The Balaban J connectivity index is 1.82. The number of ether oxygens (including phenoxy) is 3. The molecule has 1 unspecified atom stereocenters. The summed E-state index contributed by atoms with van der Waals surface area (Å²) in [7, 11) is 0. The van der Waals surface area contributed by atoms with Gasteiger partial charge >= 0.3 is 20.2 Å². The van der Waals surface area contributed by atoms with Crippen molar-refractivity contribution in [2.75, 3.05) is 58.6 Å². The number of unbranched alkanes of at least 4 members (excludes halogenated alkanes) is 6. The van der Waals surface area contributed by atoms with Crippen molar-refractivity contribution in [3.63, 3.8) is 0 Å². The van der Waals surface area contributed by atoms with E-state index in [0.717, 1.165) is 38.5 Å². The number of nitrogens with two attached hydrogens (primary N) is 1. The van der Waals surface area contributed by atoms with Crippen molar-refractivity contribution < 1.29 is 70.2 Å². The first-order chi connectivity index (χ1) is 31.8. The third kappa shape index (κ3) is 16.9. The van der Waals surface area contributed by atoms with Gasteiger partial charge < -0.3 is 62.4 Å². The van der Waals surface area contributed by atoms with E-state index in [9.17, 15) is 15.3 Å². The molecule has 0 aliphatic carbocycles. The predicted octanol–water partition coefficient (Wildman–Crippen LogP) is 7.49. The standard InChI is InChI=1S/C40H74N5O15P3S3/c1-7-13-19-49-61(64,50-20-14-8-2)58-34-30(26-47)56-40(32(48)35(34)59-62(65,51-21-15-9-3)52-22-16-10-4)57-33-29(25-46)55-39(45-28-44-31-37(41)42-27-43-38(31)45)36(33)60-63(66,53-23-17-11-5)54-24-18-12-6/h27-30,32-36,39-40,46-48H,7-26H2,1-6H3,(H2,41,42,43)/t29-,30-,32-,33?,34-,35-,36-,39-,40-/m1/s1. The van der Waals surface area contributed by atoms with E-state index in [2.05, 4.69) is 15.0 Å². The average molecular weight is 1050 g/mol. The zero-order valence-corrected chi connectivity index (χ0v) is 44.3. The van der Waals surface area contributed by atoms with Crippen LogP contribution < -0.4 is 5.73 Å². The molecule has 2 aliphatic heterocycles. The fourth-order valence-electron chi connectivity index (χ4n) is 6.63. The van der Waals surface area contributed by atoms with E-state index in [1.807, 2.05) is 41.5 Å². The first-order valence-corrected chi connectivity index (χ1v) is 31.0. The highest BCUT2D eigenvalue weighted by atomic mass is 32.5. The molecule has 5 N–H and O–H groups in total. The Bertz CT molecular complexity index is 1810. The Kier molecular flexibility index (Phi) is 26.4. The number of aromatic nitrogens is 4. The molecule has 9 atom stereocenters. The Morgan fingerprint density at radius 2 is 1.00 bits per heavy atom. The van der Waals surface area contributed by atoms with E-state index in [1.165, 1.54) is 12.7 Å². The number of nitrogen functional groups attached to an aromatic ring is 1. The van der Waals surface area contributed by atoms with Gasteiger partial charge in [-0.25, -0.2) is 15.0 Å². The molecule has 2 aliphatic rings. The van der Waals surface area contributed by atoms with Gasteiger partial charge in [-0.15, -0.1) is 0 Å². The first kappa shape index (κ1) is 58.3. The number of hydrogen-bond donors (Lipinski definition) is 4. The summed E-state index contributed by atoms with van der Waals surface area (Å²) in [5.74, 6) is 0.128. The summed E-state index contributed by atoms with van der Waals surface area (Å²) in [6.45, 7) is 1.39. The van der Waals surface area contributed by atoms with Crippen molar-refractivity contribution in [3.05, 3.63) is 12.7 Å². The SMILES string of the molecule is CCCCOP(=S)(OCCCC)O[C@@H]1[C@@H](O)[C@@H](OC2[C@@H](OP(=S)(OCCCC)OCCCC)[C@H](n3cnc4c(N)ncnc43)O[C@@H]2CO)O[C@H](CO)[C@H]1OP(=S)(OCCCC)OCCCC. The Hall–Kier alpha value is -0.300. The van der Waals surface area contributed by atoms with Crippen LogP contribution in [0.15, 0.2) is 12.7 Å². The minimum absolute atomic E-state index is 0.128. The Labute approximate surface area is 405 Å². The molecule has 26 heteroatoms. The third-order valence-corrected chi connectivity index (χ3v) is 17.6. The lowest BCUT2D eigenvalue weighted by Gasteiger charge is -2.46. The number of aliphatic hydroxyl groups excluding tert-OH is 3. The summed E-state index contributed by atoms with van der Waals surface area (Å²) >= 11 is 18.0. The summed E-state index contributed by atoms with van der Waals surface area (Å²) < 4.78 is 78.2. The van der Waals surface area contributed by atoms with Crippen LogP contribution in [0.2, 0.25) is 0 Å². The fraction of sp³-hybridized carbons (Fsp3) is 0.875. The second kappa shape index (κ2) is 29.9. The van der Waals surface area contributed by atoms with Gasteiger partial charge in [0.05, 0.1) is 59.2 Å². The molecule has 0 aromatic carbocycles. The summed E-state index contributed by atoms with van der Waals surface area (Å²) in [5.41, 5.74) is 6.76. The first-order valence-electron chi connectivity index (χ1n) is 23.3. The van der Waals surface area contributed by atoms with E-state index >= 15 is 0 Å². The Morgan fingerprint density at radius 1 is 0.591 bits per heavy atom. The molecule has 4 rings (SSSR count). The van der Waals surface area contributed by atoms with Gasteiger partial charge in [0.15, 0.2) is 24.0 Å². The van der Waals surface area contributed by atoms with Crippen LogP contribution in [0, 0.1) is 0 Å². The van der Waals surface area contributed by atoms with E-state index in [1.54, 1.807) is 4.57 Å². The average Bonchev–Trinajstić information content (AvgIpc) is 3.87. The zero-order valence-electron chi connectivity index (χ0n) is 39.2. The second-order valence-electron chi connectivity index (χ2n) is 15.8. The molecule has 382 valence electrons. The lowest BCUT2D eigenvalue weighted by molar-refractivity contribution is -0.312. The van der Waals surface area contributed by atoms with E-state index < -0.39 is 88.6 Å². The summed E-state index contributed by atoms with van der Waals surface area (Å²) in [4.78, 5) is 12.9. The molecule has 2 aromatic heterocycles. The zero-order chi connectivity index (χ0) is 48.2. The van der Waals surface area contributed by atoms with Crippen molar-refractivity contribution >= 4 is 72.6 Å². The fourth-order valence-corrected chi connectivity index (χ4v) is 13.2. The maximum Gasteiger partial charge on any atom is 0.327 e. The van der Waals surface area contributed by atoms with Crippen LogP contribution in [0.4, 0.5) is 5.82 Å². The molecule has 0 bridgehead atoms. The number of nitrogens with zero attached hydrogens (tertiary/aromatic N) is 4. The quantitative estimate of drug-likeness (QED) is 0.0386. The smallest absolute Gasteiger partial charge is 0.327 e. The van der Waals surface area contributed by atoms with Crippen LogP contribution in [-0.2, 0) is 90.3 Å². The van der Waals surface area contributed by atoms with E-state index in [4.69, 9.17) is 96.1 Å². The largest absolute Gasteiger partial charge is 0.394 e. The van der Waals surface area contributed by atoms with Crippen LogP contribution in [-0.4, -0.2) is 137 Å². The molecule has 0 amide bonds. The molecular weight excluding hydrogens is 980 g/mol. The third-order valence-electron chi connectivity index (χ3n) is 10.4. The molecular formula is C40H74N5O15P3S3. The molecule has 2 aromatic rings. The molecule has 0 radical (unpaired) electrons. The molecule has 0 spiro atoms. The van der Waals surface area contributed by atoms with Gasteiger partial charge in [-0.05, 0) is 73.9 Å². The maximum absolute atomic E-state index is 12.6. The van der Waals surface area contributed by atoms with Gasteiger partial charge in [0.25, 0.3) is 0 Å². The van der Waals surface area contributed by atoms with Crippen LogP contribution in [0.3, 0.4) is 0 Å². The van der Waals surface area contributed by atoms with E-state index in [0.29, 0.717) is 49.7 Å².